The van der Waals surface area contributed by atoms with Gasteiger partial charge in [0.25, 0.3) is 0 Å². The van der Waals surface area contributed by atoms with Crippen molar-refractivity contribution in [2.75, 3.05) is 26.2 Å². The van der Waals surface area contributed by atoms with Crippen LogP contribution in [0.1, 0.15) is 51.4 Å². The highest BCUT2D eigenvalue weighted by Gasteiger charge is 2.37. The van der Waals surface area contributed by atoms with Crippen molar-refractivity contribution in [3.05, 3.63) is 0 Å². The van der Waals surface area contributed by atoms with E-state index in [0.717, 1.165) is 4.90 Å². The molecular formula is C24H36N6O11. The first-order valence-corrected chi connectivity index (χ1v) is 13.2. The van der Waals surface area contributed by atoms with Crippen LogP contribution in [0.5, 0.6) is 0 Å². The minimum Gasteiger partial charge on any atom is -0.481 e. The molecule has 17 nitrogen and oxygen atoms in total. The number of likely N-dealkylation sites (tertiary alicyclic amines) is 2. The number of piperidine rings is 2. The first-order valence-electron chi connectivity index (χ1n) is 13.2. The summed E-state index contributed by atoms with van der Waals surface area (Å²) >= 11 is 0. The van der Waals surface area contributed by atoms with Crippen LogP contribution in [0.25, 0.3) is 0 Å². The van der Waals surface area contributed by atoms with Gasteiger partial charge in [0.05, 0.1) is 25.9 Å². The molecule has 2 saturated heterocycles. The van der Waals surface area contributed by atoms with Crippen LogP contribution in [0.3, 0.4) is 0 Å². The molecule has 5 amide bonds. The summed E-state index contributed by atoms with van der Waals surface area (Å²) in [6.45, 7) is -0.595. The fourth-order valence-corrected chi connectivity index (χ4v) is 4.80. The Hall–Kier alpha value is -4.28. The van der Waals surface area contributed by atoms with E-state index in [1.54, 1.807) is 0 Å². The smallest absolute Gasteiger partial charge is 0.326 e. The maximum Gasteiger partial charge on any atom is 0.326 e. The Labute approximate surface area is 234 Å². The van der Waals surface area contributed by atoms with Crippen LogP contribution in [0.4, 0.5) is 0 Å². The van der Waals surface area contributed by atoms with Gasteiger partial charge in [-0.2, -0.15) is 0 Å². The molecule has 17 heteroatoms. The van der Waals surface area contributed by atoms with Crippen molar-refractivity contribution in [1.29, 1.82) is 0 Å². The number of carbonyl (C=O) groups excluding carboxylic acids is 5. The van der Waals surface area contributed by atoms with Crippen molar-refractivity contribution in [2.45, 2.75) is 75.5 Å². The summed E-state index contributed by atoms with van der Waals surface area (Å²) < 4.78 is 0. The van der Waals surface area contributed by atoms with Crippen molar-refractivity contribution >= 4 is 47.4 Å². The summed E-state index contributed by atoms with van der Waals surface area (Å²) in [6.07, 6.45) is 1.12. The zero-order chi connectivity index (χ0) is 30.7. The van der Waals surface area contributed by atoms with E-state index in [-0.39, 0.29) is 26.1 Å². The van der Waals surface area contributed by atoms with Crippen LogP contribution in [-0.2, 0) is 38.4 Å². The zero-order valence-corrected chi connectivity index (χ0v) is 22.4. The number of hydrogen-bond acceptors (Lipinski definition) is 9. The van der Waals surface area contributed by atoms with Crippen LogP contribution < -0.4 is 21.7 Å². The number of rotatable bonds is 13. The van der Waals surface area contributed by atoms with Gasteiger partial charge in [-0.25, -0.2) is 4.79 Å². The molecule has 0 bridgehead atoms. The Balaban J connectivity index is 2.05. The molecule has 0 aromatic heterocycles. The highest BCUT2D eigenvalue weighted by molar-refractivity contribution is 5.96. The molecular weight excluding hydrogens is 548 g/mol. The summed E-state index contributed by atoms with van der Waals surface area (Å²) in [6, 6.07) is -5.33. The molecule has 2 fully saturated rings. The molecule has 41 heavy (non-hydrogen) atoms. The monoisotopic (exact) mass is 584 g/mol. The number of carboxylic acid groups (broad SMARTS) is 3. The van der Waals surface area contributed by atoms with E-state index in [4.69, 9.17) is 10.8 Å². The van der Waals surface area contributed by atoms with E-state index < -0.39 is 91.0 Å². The molecule has 228 valence electrons. The topological polar surface area (TPSA) is 266 Å². The van der Waals surface area contributed by atoms with Gasteiger partial charge in [0, 0.05) is 13.1 Å². The Morgan fingerprint density at radius 3 is 1.63 bits per heavy atom. The van der Waals surface area contributed by atoms with Gasteiger partial charge in [-0.3, -0.25) is 33.6 Å². The van der Waals surface area contributed by atoms with Gasteiger partial charge in [-0.05, 0) is 38.5 Å². The van der Waals surface area contributed by atoms with Crippen LogP contribution in [0.15, 0.2) is 0 Å². The maximum atomic E-state index is 12.9. The summed E-state index contributed by atoms with van der Waals surface area (Å²) in [4.78, 5) is 99.6. The molecule has 0 aromatic carbocycles. The normalized spacial score (nSPS) is 20.2. The van der Waals surface area contributed by atoms with Crippen molar-refractivity contribution < 1.29 is 53.7 Å². The Morgan fingerprint density at radius 2 is 1.17 bits per heavy atom. The SMILES string of the molecule is NCC(=O)N1CCCC[C@H]1C(=O)N[C@@H](CC(=O)O)C(=O)NCC(=O)N1CCCC[C@H]1C(=O)N[C@@H](CC(=O)O)C(=O)O. The molecule has 0 spiro atoms. The number of nitrogens with two attached hydrogens (primary N) is 1. The van der Waals surface area contributed by atoms with Crippen LogP contribution >= 0.6 is 0 Å². The van der Waals surface area contributed by atoms with Crippen LogP contribution in [0, 0.1) is 0 Å². The van der Waals surface area contributed by atoms with Gasteiger partial charge in [-0.1, -0.05) is 0 Å². The quantitative estimate of drug-likeness (QED) is 0.113. The third kappa shape index (κ3) is 9.70. The molecule has 0 aromatic rings. The van der Waals surface area contributed by atoms with Gasteiger partial charge in [0.2, 0.25) is 29.5 Å². The lowest BCUT2D eigenvalue weighted by molar-refractivity contribution is -0.149. The highest BCUT2D eigenvalue weighted by Crippen LogP contribution is 2.19. The molecule has 0 saturated carbocycles. The summed E-state index contributed by atoms with van der Waals surface area (Å²) in [5.41, 5.74) is 5.42. The molecule has 2 heterocycles. The standard InChI is InChI=1S/C24H36N6O11/c25-11-17(31)29-7-3-1-5-15(29)22(38)27-13(9-19(33)34)21(37)26-12-18(32)30-8-4-2-6-16(30)23(39)28-14(24(40)41)10-20(35)36/h13-16H,1-12,25H2,(H,26,37)(H,27,38)(H,28,39)(H,33,34)(H,35,36)(H,40,41)/t13-,14-,15-,16-/m0/s1. The number of nitrogens with zero attached hydrogens (tertiary/aromatic N) is 2. The minimum atomic E-state index is -1.71. The third-order valence-electron chi connectivity index (χ3n) is 6.85. The van der Waals surface area contributed by atoms with E-state index in [1.165, 1.54) is 4.90 Å². The van der Waals surface area contributed by atoms with Gasteiger partial charge < -0.3 is 46.8 Å². The molecule has 2 aliphatic rings. The summed E-state index contributed by atoms with van der Waals surface area (Å²) in [5.74, 6) is -8.17. The molecule has 0 unspecified atom stereocenters. The second-order valence-electron chi connectivity index (χ2n) is 9.78. The van der Waals surface area contributed by atoms with E-state index in [9.17, 15) is 48.6 Å². The number of nitrogens with one attached hydrogen (secondary N) is 3. The van der Waals surface area contributed by atoms with Crippen LogP contribution in [-0.4, -0.2) is 123 Å². The molecule has 2 aliphatic heterocycles. The Bertz CT molecular complexity index is 1050. The number of carboxylic acids is 3. The van der Waals surface area contributed by atoms with Crippen LogP contribution in [0.2, 0.25) is 0 Å². The highest BCUT2D eigenvalue weighted by atomic mass is 16.4. The predicted molar refractivity (Wildman–Crippen MR) is 137 cm³/mol. The van der Waals surface area contributed by atoms with E-state index in [2.05, 4.69) is 16.0 Å². The average molecular weight is 585 g/mol. The third-order valence-corrected chi connectivity index (χ3v) is 6.85. The number of aliphatic carboxylic acids is 3. The first kappa shape index (κ1) is 32.9. The molecule has 4 atom stereocenters. The van der Waals surface area contributed by atoms with E-state index in [1.807, 2.05) is 0 Å². The Kier molecular flexibility index (Phi) is 12.4. The largest absolute Gasteiger partial charge is 0.481 e. The second-order valence-corrected chi connectivity index (χ2v) is 9.78. The van der Waals surface area contributed by atoms with Crippen molar-refractivity contribution in [1.82, 2.24) is 25.8 Å². The average Bonchev–Trinajstić information content (AvgIpc) is 2.93. The second kappa shape index (κ2) is 15.5. The fraction of sp³-hybridized carbons (Fsp3) is 0.667. The van der Waals surface area contributed by atoms with Gasteiger partial charge in [0.15, 0.2) is 0 Å². The van der Waals surface area contributed by atoms with Gasteiger partial charge >= 0.3 is 17.9 Å². The number of carbonyl (C=O) groups is 8. The van der Waals surface area contributed by atoms with E-state index in [0.29, 0.717) is 32.1 Å². The van der Waals surface area contributed by atoms with Crippen molar-refractivity contribution in [2.24, 2.45) is 5.73 Å². The molecule has 8 N–H and O–H groups in total. The van der Waals surface area contributed by atoms with E-state index >= 15 is 0 Å². The van der Waals surface area contributed by atoms with Gasteiger partial charge in [-0.15, -0.1) is 0 Å². The first-order chi connectivity index (χ1) is 19.3. The molecule has 0 radical (unpaired) electrons. The Morgan fingerprint density at radius 1 is 0.707 bits per heavy atom. The van der Waals surface area contributed by atoms with Crippen molar-refractivity contribution in [3.8, 4) is 0 Å². The summed E-state index contributed by atoms with van der Waals surface area (Å²) in [7, 11) is 0. The predicted octanol–water partition coefficient (Wildman–Crippen LogP) is -3.17. The lowest BCUT2D eigenvalue weighted by Crippen LogP contribution is -2.59. The lowest BCUT2D eigenvalue weighted by Gasteiger charge is -2.36. The number of hydrogen-bond donors (Lipinski definition) is 7. The van der Waals surface area contributed by atoms with Crippen molar-refractivity contribution in [3.63, 3.8) is 0 Å². The summed E-state index contributed by atoms with van der Waals surface area (Å²) in [5, 5.41) is 34.1. The molecule has 2 rings (SSSR count). The maximum absolute atomic E-state index is 12.9. The molecule has 0 aliphatic carbocycles. The lowest BCUT2D eigenvalue weighted by atomic mass is 10.00. The fourth-order valence-electron chi connectivity index (χ4n) is 4.80. The minimum absolute atomic E-state index is 0.103. The zero-order valence-electron chi connectivity index (χ0n) is 22.4. The number of amides is 5. The van der Waals surface area contributed by atoms with Gasteiger partial charge in [0.1, 0.15) is 24.2 Å².